The third-order valence-electron chi connectivity index (χ3n) is 4.17. The number of guanidine groups is 1. The lowest BCUT2D eigenvalue weighted by atomic mass is 10.1. The summed E-state index contributed by atoms with van der Waals surface area (Å²) in [5, 5.41) is 8.99. The SMILES string of the molecule is C#Cc1cccc(NC(=O)CNC(=NC)NCc2ccc(C)cc2OCCOC)c1. The largest absolute Gasteiger partial charge is 0.491 e. The Kier molecular flexibility index (Phi) is 9.22. The van der Waals surface area contributed by atoms with E-state index in [0.717, 1.165) is 16.9 Å². The predicted octanol–water partition coefficient (Wildman–Crippen LogP) is 2.31. The van der Waals surface area contributed by atoms with Gasteiger partial charge in [-0.1, -0.05) is 24.1 Å². The number of aliphatic imine (C=N–C) groups is 1. The molecule has 0 aliphatic rings. The molecule has 158 valence electrons. The fraction of sp³-hybridized carbons (Fsp3) is 0.304. The summed E-state index contributed by atoms with van der Waals surface area (Å²) in [4.78, 5) is 16.4. The van der Waals surface area contributed by atoms with Crippen molar-refractivity contribution < 1.29 is 14.3 Å². The number of ether oxygens (including phenoxy) is 2. The minimum atomic E-state index is -0.203. The van der Waals surface area contributed by atoms with E-state index in [2.05, 4.69) is 26.9 Å². The van der Waals surface area contributed by atoms with Gasteiger partial charge < -0.3 is 25.4 Å². The Labute approximate surface area is 177 Å². The van der Waals surface area contributed by atoms with Gasteiger partial charge in [-0.15, -0.1) is 6.42 Å². The van der Waals surface area contributed by atoms with Gasteiger partial charge in [0.15, 0.2) is 5.96 Å². The minimum absolute atomic E-state index is 0.0606. The van der Waals surface area contributed by atoms with Crippen LogP contribution in [-0.4, -0.2) is 45.8 Å². The Morgan fingerprint density at radius 3 is 2.73 bits per heavy atom. The number of hydrogen-bond acceptors (Lipinski definition) is 4. The highest BCUT2D eigenvalue weighted by molar-refractivity contribution is 5.95. The Balaban J connectivity index is 1.87. The number of carbonyl (C=O) groups excluding carboxylic acids is 1. The number of hydrogen-bond donors (Lipinski definition) is 3. The van der Waals surface area contributed by atoms with Crippen LogP contribution in [0.1, 0.15) is 16.7 Å². The average molecular weight is 409 g/mol. The van der Waals surface area contributed by atoms with Crippen LogP contribution in [0.2, 0.25) is 0 Å². The van der Waals surface area contributed by atoms with Crippen LogP contribution in [0.3, 0.4) is 0 Å². The fourth-order valence-corrected chi connectivity index (χ4v) is 2.63. The fourth-order valence-electron chi connectivity index (χ4n) is 2.63. The molecule has 0 radical (unpaired) electrons. The lowest BCUT2D eigenvalue weighted by molar-refractivity contribution is -0.115. The Bertz CT molecular complexity index is 919. The molecule has 0 aliphatic carbocycles. The summed E-state index contributed by atoms with van der Waals surface area (Å²) < 4.78 is 10.8. The molecule has 1 amide bonds. The summed E-state index contributed by atoms with van der Waals surface area (Å²) >= 11 is 0. The molecule has 0 fully saturated rings. The van der Waals surface area contributed by atoms with Crippen molar-refractivity contribution >= 4 is 17.6 Å². The molecule has 0 bridgehead atoms. The van der Waals surface area contributed by atoms with E-state index < -0.39 is 0 Å². The zero-order valence-corrected chi connectivity index (χ0v) is 17.6. The van der Waals surface area contributed by atoms with Gasteiger partial charge in [-0.25, -0.2) is 0 Å². The van der Waals surface area contributed by atoms with Crippen LogP contribution in [0.15, 0.2) is 47.5 Å². The van der Waals surface area contributed by atoms with Crippen molar-refractivity contribution in [1.82, 2.24) is 10.6 Å². The van der Waals surface area contributed by atoms with Gasteiger partial charge in [0.05, 0.1) is 13.2 Å². The smallest absolute Gasteiger partial charge is 0.243 e. The summed E-state index contributed by atoms with van der Waals surface area (Å²) in [7, 11) is 3.29. The molecule has 2 aromatic carbocycles. The number of methoxy groups -OCH3 is 1. The molecule has 7 heteroatoms. The zero-order valence-electron chi connectivity index (χ0n) is 17.6. The van der Waals surface area contributed by atoms with Gasteiger partial charge >= 0.3 is 0 Å². The van der Waals surface area contributed by atoms with Crippen molar-refractivity contribution in [1.29, 1.82) is 0 Å². The average Bonchev–Trinajstić information content (AvgIpc) is 2.75. The number of amides is 1. The number of nitrogens with zero attached hydrogens (tertiary/aromatic N) is 1. The van der Waals surface area contributed by atoms with E-state index in [1.807, 2.05) is 25.1 Å². The van der Waals surface area contributed by atoms with E-state index in [1.165, 1.54) is 0 Å². The van der Waals surface area contributed by atoms with E-state index in [9.17, 15) is 4.79 Å². The Morgan fingerprint density at radius 1 is 1.17 bits per heavy atom. The number of aryl methyl sites for hydroxylation is 1. The van der Waals surface area contributed by atoms with Gasteiger partial charge in [0.1, 0.15) is 12.4 Å². The maximum absolute atomic E-state index is 12.2. The first-order valence-corrected chi connectivity index (χ1v) is 9.58. The first-order chi connectivity index (χ1) is 14.5. The predicted molar refractivity (Wildman–Crippen MR) is 120 cm³/mol. The van der Waals surface area contributed by atoms with Crippen molar-refractivity contribution in [2.75, 3.05) is 39.2 Å². The first-order valence-electron chi connectivity index (χ1n) is 9.58. The Morgan fingerprint density at radius 2 is 2.00 bits per heavy atom. The summed E-state index contributed by atoms with van der Waals surface area (Å²) in [6.07, 6.45) is 5.39. The number of terminal acetylenes is 1. The number of rotatable bonds is 9. The molecular weight excluding hydrogens is 380 g/mol. The molecular formula is C23H28N4O3. The highest BCUT2D eigenvalue weighted by atomic mass is 16.5. The van der Waals surface area contributed by atoms with E-state index in [0.29, 0.717) is 37.0 Å². The van der Waals surface area contributed by atoms with Crippen LogP contribution in [-0.2, 0) is 16.1 Å². The van der Waals surface area contributed by atoms with Crippen LogP contribution >= 0.6 is 0 Å². The van der Waals surface area contributed by atoms with Crippen LogP contribution in [0.25, 0.3) is 0 Å². The second-order valence-electron chi connectivity index (χ2n) is 6.51. The summed E-state index contributed by atoms with van der Waals surface area (Å²) in [5.41, 5.74) is 3.45. The molecule has 0 spiro atoms. The molecule has 7 nitrogen and oxygen atoms in total. The number of benzene rings is 2. The quantitative estimate of drug-likeness (QED) is 0.257. The van der Waals surface area contributed by atoms with E-state index >= 15 is 0 Å². The van der Waals surface area contributed by atoms with Gasteiger partial charge in [-0.05, 0) is 36.8 Å². The summed E-state index contributed by atoms with van der Waals surface area (Å²) in [6.45, 7) is 3.56. The highest BCUT2D eigenvalue weighted by Crippen LogP contribution is 2.20. The van der Waals surface area contributed by atoms with Gasteiger partial charge in [-0.2, -0.15) is 0 Å². The zero-order chi connectivity index (χ0) is 21.8. The molecule has 0 unspecified atom stereocenters. The number of carbonyl (C=O) groups is 1. The van der Waals surface area contributed by atoms with E-state index in [-0.39, 0.29) is 12.5 Å². The van der Waals surface area contributed by atoms with E-state index in [4.69, 9.17) is 15.9 Å². The molecule has 0 saturated carbocycles. The molecule has 0 saturated heterocycles. The molecule has 30 heavy (non-hydrogen) atoms. The Hall–Kier alpha value is -3.50. The number of anilines is 1. The lowest BCUT2D eigenvalue weighted by Gasteiger charge is -2.15. The number of nitrogens with one attached hydrogen (secondary N) is 3. The van der Waals surface area contributed by atoms with Gasteiger partial charge in [-0.3, -0.25) is 9.79 Å². The molecule has 0 heterocycles. The van der Waals surface area contributed by atoms with Gasteiger partial charge in [0.25, 0.3) is 0 Å². The summed E-state index contributed by atoms with van der Waals surface area (Å²) in [5.74, 6) is 3.64. The van der Waals surface area contributed by atoms with Gasteiger partial charge in [0, 0.05) is 37.5 Å². The van der Waals surface area contributed by atoms with Crippen molar-refractivity contribution in [2.45, 2.75) is 13.5 Å². The maximum Gasteiger partial charge on any atom is 0.243 e. The van der Waals surface area contributed by atoms with Crippen LogP contribution in [0.5, 0.6) is 5.75 Å². The third-order valence-corrected chi connectivity index (χ3v) is 4.17. The van der Waals surface area contributed by atoms with Crippen molar-refractivity contribution in [3.8, 4) is 18.1 Å². The molecule has 2 rings (SSSR count). The van der Waals surface area contributed by atoms with Crippen LogP contribution in [0.4, 0.5) is 5.69 Å². The van der Waals surface area contributed by atoms with Crippen molar-refractivity contribution in [3.63, 3.8) is 0 Å². The molecule has 0 aromatic heterocycles. The van der Waals surface area contributed by atoms with Crippen LogP contribution < -0.4 is 20.7 Å². The normalized spacial score (nSPS) is 10.8. The molecule has 2 aromatic rings. The summed E-state index contributed by atoms with van der Waals surface area (Å²) in [6, 6.07) is 13.1. The van der Waals surface area contributed by atoms with Crippen molar-refractivity contribution in [3.05, 3.63) is 59.2 Å². The van der Waals surface area contributed by atoms with Crippen LogP contribution in [0, 0.1) is 19.3 Å². The molecule has 0 aliphatic heterocycles. The molecule has 3 N–H and O–H groups in total. The van der Waals surface area contributed by atoms with E-state index in [1.54, 1.807) is 38.4 Å². The topological polar surface area (TPSA) is 84.0 Å². The second kappa shape index (κ2) is 12.1. The third kappa shape index (κ3) is 7.49. The lowest BCUT2D eigenvalue weighted by Crippen LogP contribution is -2.41. The second-order valence-corrected chi connectivity index (χ2v) is 6.51. The monoisotopic (exact) mass is 408 g/mol. The van der Waals surface area contributed by atoms with Gasteiger partial charge in [0.2, 0.25) is 5.91 Å². The maximum atomic E-state index is 12.2. The first kappa shape index (κ1) is 22.8. The standard InChI is InChI=1S/C23H28N4O3/c1-5-18-7-6-8-20(14-18)27-22(28)16-26-23(24-3)25-15-19-10-9-17(2)13-21(19)30-12-11-29-4/h1,6-10,13-14H,11-12,15-16H2,2-4H3,(H,27,28)(H2,24,25,26). The minimum Gasteiger partial charge on any atom is -0.491 e. The molecule has 0 atom stereocenters. The van der Waals surface area contributed by atoms with Crippen molar-refractivity contribution in [2.24, 2.45) is 4.99 Å². The highest BCUT2D eigenvalue weighted by Gasteiger charge is 2.08.